The van der Waals surface area contributed by atoms with Gasteiger partial charge in [0.25, 0.3) is 0 Å². The highest BCUT2D eigenvalue weighted by Gasteiger charge is 2.37. The summed E-state index contributed by atoms with van der Waals surface area (Å²) in [6, 6.07) is 0.544. The van der Waals surface area contributed by atoms with Gasteiger partial charge in [0.15, 0.2) is 0 Å². The lowest BCUT2D eigenvalue weighted by molar-refractivity contribution is 0.0892. The smallest absolute Gasteiger partial charge is 0.00699 e. The highest BCUT2D eigenvalue weighted by Crippen LogP contribution is 2.43. The monoisotopic (exact) mass is 181 g/mol. The molecule has 2 saturated carbocycles. The van der Waals surface area contributed by atoms with Crippen LogP contribution in [0.25, 0.3) is 0 Å². The maximum Gasteiger partial charge on any atom is 0.00699 e. The first-order valence-corrected chi connectivity index (χ1v) is 5.92. The topological polar surface area (TPSA) is 26.0 Å². The first kappa shape index (κ1) is 9.51. The summed E-state index contributed by atoms with van der Waals surface area (Å²) in [7, 11) is 0. The molecule has 0 aliphatic heterocycles. The molecule has 1 nitrogen and oxygen atoms in total. The van der Waals surface area contributed by atoms with Crippen LogP contribution in [-0.2, 0) is 0 Å². The van der Waals surface area contributed by atoms with E-state index in [1.54, 1.807) is 0 Å². The van der Waals surface area contributed by atoms with Crippen molar-refractivity contribution in [1.82, 2.24) is 0 Å². The molecule has 0 saturated heterocycles. The molecule has 0 radical (unpaired) electrons. The van der Waals surface area contributed by atoms with E-state index in [2.05, 4.69) is 13.8 Å². The highest BCUT2D eigenvalue weighted by molar-refractivity contribution is 4.91. The third-order valence-electron chi connectivity index (χ3n) is 4.20. The minimum absolute atomic E-state index is 0.544. The standard InChI is InChI=1S/C12H23N/c1-8-5-9(2)7-10(6-8)11-3-4-12(11)13/h8-12H,3-7,13H2,1-2H3. The molecular weight excluding hydrogens is 158 g/mol. The van der Waals surface area contributed by atoms with Crippen LogP contribution >= 0.6 is 0 Å². The molecular formula is C12H23N. The second kappa shape index (κ2) is 3.61. The molecule has 2 rings (SSSR count). The van der Waals surface area contributed by atoms with Gasteiger partial charge in [0.05, 0.1) is 0 Å². The third-order valence-corrected chi connectivity index (χ3v) is 4.20. The molecule has 2 N–H and O–H groups in total. The van der Waals surface area contributed by atoms with Crippen molar-refractivity contribution < 1.29 is 0 Å². The van der Waals surface area contributed by atoms with Crippen molar-refractivity contribution in [2.45, 2.75) is 52.0 Å². The van der Waals surface area contributed by atoms with E-state index in [1.165, 1.54) is 32.1 Å². The van der Waals surface area contributed by atoms with Crippen molar-refractivity contribution in [3.8, 4) is 0 Å². The molecule has 0 bridgehead atoms. The molecule has 0 aromatic heterocycles. The van der Waals surface area contributed by atoms with Gasteiger partial charge < -0.3 is 5.73 Å². The van der Waals surface area contributed by atoms with Crippen LogP contribution in [0.4, 0.5) is 0 Å². The predicted octanol–water partition coefficient (Wildman–Crippen LogP) is 2.80. The molecule has 0 spiro atoms. The van der Waals surface area contributed by atoms with Crippen molar-refractivity contribution in [2.24, 2.45) is 29.4 Å². The quantitative estimate of drug-likeness (QED) is 0.661. The SMILES string of the molecule is CC1CC(C)CC(C2CCC2N)C1. The Bertz CT molecular complexity index is 168. The first-order chi connectivity index (χ1) is 6.16. The second-order valence-corrected chi connectivity index (χ2v) is 5.58. The lowest BCUT2D eigenvalue weighted by Crippen LogP contribution is -2.45. The van der Waals surface area contributed by atoms with E-state index < -0.39 is 0 Å². The number of hydrogen-bond acceptors (Lipinski definition) is 1. The Labute approximate surface area is 82.1 Å². The normalized spacial score (nSPS) is 51.5. The Morgan fingerprint density at radius 1 is 0.923 bits per heavy atom. The summed E-state index contributed by atoms with van der Waals surface area (Å²) in [5.74, 6) is 3.73. The van der Waals surface area contributed by atoms with Crippen LogP contribution in [0.1, 0.15) is 46.0 Å². The van der Waals surface area contributed by atoms with E-state index in [1.807, 2.05) is 0 Å². The van der Waals surface area contributed by atoms with Crippen molar-refractivity contribution in [1.29, 1.82) is 0 Å². The molecule has 13 heavy (non-hydrogen) atoms. The fourth-order valence-electron chi connectivity index (χ4n) is 3.50. The van der Waals surface area contributed by atoms with Gasteiger partial charge in [0.2, 0.25) is 0 Å². The zero-order chi connectivity index (χ0) is 9.42. The Hall–Kier alpha value is -0.0400. The van der Waals surface area contributed by atoms with Crippen molar-refractivity contribution >= 4 is 0 Å². The van der Waals surface area contributed by atoms with Crippen molar-refractivity contribution in [3.63, 3.8) is 0 Å². The summed E-state index contributed by atoms with van der Waals surface area (Å²) in [6.07, 6.45) is 7.03. The largest absolute Gasteiger partial charge is 0.327 e. The lowest BCUT2D eigenvalue weighted by Gasteiger charge is -2.44. The van der Waals surface area contributed by atoms with Crippen molar-refractivity contribution in [2.75, 3.05) is 0 Å². The summed E-state index contributed by atoms with van der Waals surface area (Å²) in [4.78, 5) is 0. The Morgan fingerprint density at radius 2 is 1.54 bits per heavy atom. The fraction of sp³-hybridized carbons (Fsp3) is 1.00. The average Bonchev–Trinajstić information content (AvgIpc) is 1.99. The van der Waals surface area contributed by atoms with Gasteiger partial charge in [0, 0.05) is 6.04 Å². The summed E-state index contributed by atoms with van der Waals surface area (Å²) in [5, 5.41) is 0. The van der Waals surface area contributed by atoms with Crippen LogP contribution in [0.2, 0.25) is 0 Å². The average molecular weight is 181 g/mol. The molecule has 2 aliphatic rings. The first-order valence-electron chi connectivity index (χ1n) is 5.92. The minimum atomic E-state index is 0.544. The van der Waals surface area contributed by atoms with E-state index >= 15 is 0 Å². The van der Waals surface area contributed by atoms with Gasteiger partial charge in [-0.2, -0.15) is 0 Å². The van der Waals surface area contributed by atoms with Crippen LogP contribution in [0, 0.1) is 23.7 Å². The molecule has 76 valence electrons. The molecule has 0 heterocycles. The van der Waals surface area contributed by atoms with Crippen molar-refractivity contribution in [3.05, 3.63) is 0 Å². The molecule has 4 atom stereocenters. The minimum Gasteiger partial charge on any atom is -0.327 e. The zero-order valence-electron chi connectivity index (χ0n) is 9.00. The Morgan fingerprint density at radius 3 is 1.92 bits per heavy atom. The van der Waals surface area contributed by atoms with Gasteiger partial charge in [0.1, 0.15) is 0 Å². The van der Waals surface area contributed by atoms with E-state index in [0.29, 0.717) is 6.04 Å². The van der Waals surface area contributed by atoms with E-state index in [0.717, 1.165) is 23.7 Å². The van der Waals surface area contributed by atoms with Crippen LogP contribution in [0.15, 0.2) is 0 Å². The van der Waals surface area contributed by atoms with Gasteiger partial charge in [-0.25, -0.2) is 0 Å². The number of hydrogen-bond donors (Lipinski definition) is 1. The number of rotatable bonds is 1. The second-order valence-electron chi connectivity index (χ2n) is 5.58. The van der Waals surface area contributed by atoms with Gasteiger partial charge in [-0.05, 0) is 55.8 Å². The molecule has 0 aromatic carbocycles. The Kier molecular flexibility index (Phi) is 2.64. The van der Waals surface area contributed by atoms with Crippen LogP contribution in [0.3, 0.4) is 0 Å². The molecule has 2 aliphatic carbocycles. The molecule has 2 fully saturated rings. The maximum atomic E-state index is 6.04. The highest BCUT2D eigenvalue weighted by atomic mass is 14.7. The molecule has 1 heteroatoms. The molecule has 0 amide bonds. The van der Waals surface area contributed by atoms with Gasteiger partial charge in [-0.1, -0.05) is 13.8 Å². The lowest BCUT2D eigenvalue weighted by atomic mass is 9.63. The third kappa shape index (κ3) is 1.90. The van der Waals surface area contributed by atoms with Crippen LogP contribution in [0.5, 0.6) is 0 Å². The summed E-state index contributed by atoms with van der Waals surface area (Å²) in [5.41, 5.74) is 6.04. The van der Waals surface area contributed by atoms with Gasteiger partial charge in [-0.15, -0.1) is 0 Å². The van der Waals surface area contributed by atoms with Crippen LogP contribution < -0.4 is 5.73 Å². The summed E-state index contributed by atoms with van der Waals surface area (Å²) < 4.78 is 0. The summed E-state index contributed by atoms with van der Waals surface area (Å²) in [6.45, 7) is 4.82. The predicted molar refractivity (Wildman–Crippen MR) is 56.4 cm³/mol. The zero-order valence-corrected chi connectivity index (χ0v) is 9.00. The van der Waals surface area contributed by atoms with Gasteiger partial charge >= 0.3 is 0 Å². The van der Waals surface area contributed by atoms with E-state index in [9.17, 15) is 0 Å². The molecule has 4 unspecified atom stereocenters. The van der Waals surface area contributed by atoms with Crippen LogP contribution in [-0.4, -0.2) is 6.04 Å². The maximum absolute atomic E-state index is 6.04. The fourth-order valence-corrected chi connectivity index (χ4v) is 3.50. The van der Waals surface area contributed by atoms with Gasteiger partial charge in [-0.3, -0.25) is 0 Å². The molecule has 0 aromatic rings. The summed E-state index contributed by atoms with van der Waals surface area (Å²) >= 11 is 0. The van der Waals surface area contributed by atoms with E-state index in [4.69, 9.17) is 5.73 Å². The number of nitrogens with two attached hydrogens (primary N) is 1. The van der Waals surface area contributed by atoms with E-state index in [-0.39, 0.29) is 0 Å². The Balaban J connectivity index is 1.91.